The van der Waals surface area contributed by atoms with Gasteiger partial charge in [-0.25, -0.2) is 9.97 Å². The molecular weight excluding hydrogens is 328 g/mol. The fraction of sp³-hybridized carbons (Fsp3) is 0.316. The smallest absolute Gasteiger partial charge is 0.254 e. The first-order valence-corrected chi connectivity index (χ1v) is 8.69. The summed E-state index contributed by atoms with van der Waals surface area (Å²) in [5.41, 5.74) is 4.67. The molecule has 1 amide bonds. The molecule has 132 valence electrons. The van der Waals surface area contributed by atoms with Gasteiger partial charge in [-0.2, -0.15) is 5.10 Å². The van der Waals surface area contributed by atoms with Crippen molar-refractivity contribution in [2.24, 2.45) is 7.05 Å². The zero-order chi connectivity index (χ0) is 18.1. The fourth-order valence-corrected chi connectivity index (χ4v) is 3.57. The summed E-state index contributed by atoms with van der Waals surface area (Å²) in [4.78, 5) is 25.3. The zero-order valence-electron chi connectivity index (χ0n) is 14.8. The molecule has 0 fully saturated rings. The average molecular weight is 348 g/mol. The molecule has 0 spiro atoms. The Morgan fingerprint density at radius 3 is 2.69 bits per heavy atom. The zero-order valence-corrected chi connectivity index (χ0v) is 14.8. The van der Waals surface area contributed by atoms with Gasteiger partial charge in [-0.1, -0.05) is 0 Å². The van der Waals surface area contributed by atoms with Crippen molar-refractivity contribution < 1.29 is 4.79 Å². The number of aromatic nitrogens is 5. The molecule has 7 heteroatoms. The van der Waals surface area contributed by atoms with Crippen LogP contribution in [0.4, 0.5) is 0 Å². The van der Waals surface area contributed by atoms with Gasteiger partial charge in [0, 0.05) is 48.7 Å². The number of pyridine rings is 1. The van der Waals surface area contributed by atoms with Crippen LogP contribution in [0.2, 0.25) is 0 Å². The monoisotopic (exact) mass is 348 g/mol. The third-order valence-electron chi connectivity index (χ3n) is 4.80. The van der Waals surface area contributed by atoms with E-state index in [4.69, 9.17) is 0 Å². The summed E-state index contributed by atoms with van der Waals surface area (Å²) >= 11 is 0. The summed E-state index contributed by atoms with van der Waals surface area (Å²) < 4.78 is 1.93. The highest BCUT2D eigenvalue weighted by Gasteiger charge is 2.27. The van der Waals surface area contributed by atoms with Gasteiger partial charge < -0.3 is 5.32 Å². The average Bonchev–Trinajstić information content (AvgIpc) is 2.97. The highest BCUT2D eigenvalue weighted by molar-refractivity contribution is 5.94. The Balaban J connectivity index is 1.53. The number of nitrogens with zero attached hydrogens (tertiary/aromatic N) is 5. The molecule has 0 radical (unpaired) electrons. The minimum absolute atomic E-state index is 0.0141. The molecule has 1 aliphatic carbocycles. The van der Waals surface area contributed by atoms with Crippen LogP contribution >= 0.6 is 0 Å². The van der Waals surface area contributed by atoms with E-state index in [1.165, 1.54) is 5.69 Å². The Labute approximate surface area is 151 Å². The molecule has 0 bridgehead atoms. The fourth-order valence-electron chi connectivity index (χ4n) is 3.57. The van der Waals surface area contributed by atoms with Crippen LogP contribution in [0.5, 0.6) is 0 Å². The molecule has 0 saturated carbocycles. The van der Waals surface area contributed by atoms with Gasteiger partial charge in [0.05, 0.1) is 17.3 Å². The van der Waals surface area contributed by atoms with Gasteiger partial charge >= 0.3 is 0 Å². The molecule has 4 rings (SSSR count). The summed E-state index contributed by atoms with van der Waals surface area (Å²) in [6.45, 7) is 2.00. The van der Waals surface area contributed by atoms with E-state index in [0.717, 1.165) is 36.1 Å². The van der Waals surface area contributed by atoms with E-state index in [0.29, 0.717) is 11.4 Å². The molecule has 7 nitrogen and oxygen atoms in total. The van der Waals surface area contributed by atoms with E-state index in [2.05, 4.69) is 25.4 Å². The third-order valence-corrected chi connectivity index (χ3v) is 4.80. The van der Waals surface area contributed by atoms with Crippen molar-refractivity contribution in [2.75, 3.05) is 0 Å². The third kappa shape index (κ3) is 2.96. The van der Waals surface area contributed by atoms with Gasteiger partial charge in [0.15, 0.2) is 5.82 Å². The van der Waals surface area contributed by atoms with Gasteiger partial charge in [-0.15, -0.1) is 0 Å². The molecule has 0 aromatic carbocycles. The molecule has 3 heterocycles. The van der Waals surface area contributed by atoms with E-state index in [1.807, 2.05) is 30.8 Å². The van der Waals surface area contributed by atoms with Crippen LogP contribution in [-0.4, -0.2) is 30.6 Å². The summed E-state index contributed by atoms with van der Waals surface area (Å²) in [5, 5.41) is 7.63. The molecule has 3 aromatic rings. The molecule has 1 N–H and O–H groups in total. The molecular formula is C19H20N6O. The molecule has 3 aromatic heterocycles. The van der Waals surface area contributed by atoms with Crippen molar-refractivity contribution in [1.29, 1.82) is 0 Å². The second kappa shape index (κ2) is 6.67. The number of carbonyl (C=O) groups is 1. The van der Waals surface area contributed by atoms with Gasteiger partial charge in [0.1, 0.15) is 0 Å². The number of hydrogen-bond acceptors (Lipinski definition) is 5. The maximum Gasteiger partial charge on any atom is 0.254 e. The van der Waals surface area contributed by atoms with Crippen LogP contribution in [-0.2, 0) is 13.5 Å². The van der Waals surface area contributed by atoms with Crippen molar-refractivity contribution in [1.82, 2.24) is 30.0 Å². The molecule has 0 saturated heterocycles. The van der Waals surface area contributed by atoms with Gasteiger partial charge in [-0.05, 0) is 38.3 Å². The predicted octanol–water partition coefficient (Wildman–Crippen LogP) is 2.39. The summed E-state index contributed by atoms with van der Waals surface area (Å²) in [7, 11) is 1.96. The van der Waals surface area contributed by atoms with Gasteiger partial charge in [-0.3, -0.25) is 14.5 Å². The van der Waals surface area contributed by atoms with Gasteiger partial charge in [0.2, 0.25) is 0 Å². The van der Waals surface area contributed by atoms with E-state index in [1.54, 1.807) is 24.8 Å². The second-order valence-electron chi connectivity index (χ2n) is 6.52. The molecule has 26 heavy (non-hydrogen) atoms. The van der Waals surface area contributed by atoms with Gasteiger partial charge in [0.25, 0.3) is 5.91 Å². The number of rotatable bonds is 3. The highest BCUT2D eigenvalue weighted by atomic mass is 16.1. The minimum atomic E-state index is -0.160. The lowest BCUT2D eigenvalue weighted by Crippen LogP contribution is -2.31. The predicted molar refractivity (Wildman–Crippen MR) is 96.4 cm³/mol. The Bertz CT molecular complexity index is 933. The quantitative estimate of drug-likeness (QED) is 0.785. The van der Waals surface area contributed by atoms with Crippen LogP contribution in [0.3, 0.4) is 0 Å². The van der Waals surface area contributed by atoms with Crippen molar-refractivity contribution >= 4 is 5.91 Å². The first-order chi connectivity index (χ1) is 12.6. The van der Waals surface area contributed by atoms with Crippen LogP contribution in [0.1, 0.15) is 46.2 Å². The Morgan fingerprint density at radius 2 is 1.96 bits per heavy atom. The molecule has 1 aliphatic rings. The number of hydrogen-bond donors (Lipinski definition) is 1. The standard InChI is InChI=1S/C19H20N6O/c1-12-17-15(4-3-5-16(17)25(2)24-12)23-19(26)14-10-21-18(22-11-14)13-6-8-20-9-7-13/h6-11,15H,3-5H2,1-2H3,(H,23,26). The Morgan fingerprint density at radius 1 is 1.23 bits per heavy atom. The second-order valence-corrected chi connectivity index (χ2v) is 6.52. The highest BCUT2D eigenvalue weighted by Crippen LogP contribution is 2.32. The van der Waals surface area contributed by atoms with Crippen molar-refractivity contribution in [3.63, 3.8) is 0 Å². The van der Waals surface area contributed by atoms with Crippen LogP contribution < -0.4 is 5.32 Å². The van der Waals surface area contributed by atoms with Crippen molar-refractivity contribution in [3.8, 4) is 11.4 Å². The normalized spacial score (nSPS) is 16.2. The van der Waals surface area contributed by atoms with E-state index in [-0.39, 0.29) is 11.9 Å². The lowest BCUT2D eigenvalue weighted by atomic mass is 9.91. The van der Waals surface area contributed by atoms with Crippen LogP contribution in [0.15, 0.2) is 36.9 Å². The Kier molecular flexibility index (Phi) is 4.20. The number of amides is 1. The summed E-state index contributed by atoms with van der Waals surface area (Å²) in [6.07, 6.45) is 9.47. The van der Waals surface area contributed by atoms with Crippen LogP contribution in [0, 0.1) is 6.92 Å². The number of fused-ring (bicyclic) bond motifs is 1. The summed E-state index contributed by atoms with van der Waals surface area (Å²) in [6, 6.07) is 3.66. The Hall–Kier alpha value is -3.09. The topological polar surface area (TPSA) is 85.6 Å². The minimum Gasteiger partial charge on any atom is -0.345 e. The number of aryl methyl sites for hydroxylation is 2. The van der Waals surface area contributed by atoms with Crippen molar-refractivity contribution in [2.45, 2.75) is 32.2 Å². The molecule has 1 unspecified atom stereocenters. The first-order valence-electron chi connectivity index (χ1n) is 8.69. The largest absolute Gasteiger partial charge is 0.345 e. The molecule has 1 atom stereocenters. The number of nitrogens with one attached hydrogen (secondary N) is 1. The lowest BCUT2D eigenvalue weighted by molar-refractivity contribution is 0.0932. The van der Waals surface area contributed by atoms with Crippen LogP contribution in [0.25, 0.3) is 11.4 Å². The van der Waals surface area contributed by atoms with E-state index < -0.39 is 0 Å². The maximum absolute atomic E-state index is 12.7. The first kappa shape index (κ1) is 16.4. The summed E-state index contributed by atoms with van der Waals surface area (Å²) in [5.74, 6) is 0.416. The number of carbonyl (C=O) groups excluding carboxylic acids is 1. The SMILES string of the molecule is Cc1nn(C)c2c1C(NC(=O)c1cnc(-c3ccncc3)nc1)CCC2. The maximum atomic E-state index is 12.7. The van der Waals surface area contributed by atoms with E-state index >= 15 is 0 Å². The lowest BCUT2D eigenvalue weighted by Gasteiger charge is -2.24. The van der Waals surface area contributed by atoms with Crippen molar-refractivity contribution in [3.05, 3.63) is 59.4 Å². The van der Waals surface area contributed by atoms with E-state index in [9.17, 15) is 4.79 Å². The molecule has 0 aliphatic heterocycles.